The van der Waals surface area contributed by atoms with Crippen molar-refractivity contribution in [1.82, 2.24) is 9.71 Å². The van der Waals surface area contributed by atoms with E-state index in [2.05, 4.69) is 9.71 Å². The Bertz CT molecular complexity index is 685. The molecule has 2 aromatic rings. The topological polar surface area (TPSA) is 68.3 Å². The Morgan fingerprint density at radius 1 is 1.25 bits per heavy atom. The van der Waals surface area contributed by atoms with Crippen molar-refractivity contribution >= 4 is 10.0 Å². The van der Waals surface area contributed by atoms with E-state index in [1.807, 2.05) is 6.07 Å². The molecule has 1 heterocycles. The van der Waals surface area contributed by atoms with E-state index in [1.54, 1.807) is 44.5 Å². The molecule has 1 aromatic heterocycles. The largest absolute Gasteiger partial charge is 0.496 e. The second-order valence-electron chi connectivity index (χ2n) is 4.28. The fourth-order valence-corrected chi connectivity index (χ4v) is 2.86. The van der Waals surface area contributed by atoms with E-state index >= 15 is 0 Å². The molecule has 0 unspecified atom stereocenters. The summed E-state index contributed by atoms with van der Waals surface area (Å²) in [6.07, 6.45) is 1.63. The van der Waals surface area contributed by atoms with Crippen molar-refractivity contribution in [2.45, 2.75) is 18.4 Å². The Balaban J connectivity index is 2.16. The SMILES string of the molecule is COc1ccc(S(=O)(=O)NCc2ccccn2)cc1C. The van der Waals surface area contributed by atoms with Crippen LogP contribution in [-0.2, 0) is 16.6 Å². The Labute approximate surface area is 118 Å². The van der Waals surface area contributed by atoms with Gasteiger partial charge in [0, 0.05) is 6.20 Å². The highest BCUT2D eigenvalue weighted by atomic mass is 32.2. The van der Waals surface area contributed by atoms with Crippen LogP contribution in [0, 0.1) is 6.92 Å². The molecule has 106 valence electrons. The number of hydrogen-bond acceptors (Lipinski definition) is 4. The Morgan fingerprint density at radius 2 is 2.05 bits per heavy atom. The van der Waals surface area contributed by atoms with Gasteiger partial charge in [0.25, 0.3) is 0 Å². The monoisotopic (exact) mass is 292 g/mol. The molecule has 20 heavy (non-hydrogen) atoms. The normalized spacial score (nSPS) is 11.3. The predicted molar refractivity (Wildman–Crippen MR) is 76.0 cm³/mol. The average molecular weight is 292 g/mol. The summed E-state index contributed by atoms with van der Waals surface area (Å²) in [6, 6.07) is 10.1. The van der Waals surface area contributed by atoms with Crippen LogP contribution in [0.4, 0.5) is 0 Å². The molecule has 0 aliphatic heterocycles. The van der Waals surface area contributed by atoms with Crippen LogP contribution in [0.5, 0.6) is 5.75 Å². The molecule has 0 saturated carbocycles. The molecule has 0 atom stereocenters. The molecule has 0 aliphatic rings. The van der Waals surface area contributed by atoms with Crippen molar-refractivity contribution in [2.75, 3.05) is 7.11 Å². The second-order valence-corrected chi connectivity index (χ2v) is 6.04. The third kappa shape index (κ3) is 3.34. The summed E-state index contributed by atoms with van der Waals surface area (Å²) in [5.41, 5.74) is 1.44. The lowest BCUT2D eigenvalue weighted by atomic mass is 10.2. The minimum absolute atomic E-state index is 0.161. The van der Waals surface area contributed by atoms with Crippen LogP contribution >= 0.6 is 0 Å². The molecule has 0 spiro atoms. The molecular formula is C14H16N2O3S. The maximum atomic E-state index is 12.2. The lowest BCUT2D eigenvalue weighted by Crippen LogP contribution is -2.23. The lowest BCUT2D eigenvalue weighted by molar-refractivity contribution is 0.411. The number of methoxy groups -OCH3 is 1. The zero-order chi connectivity index (χ0) is 14.6. The van der Waals surface area contributed by atoms with Crippen LogP contribution in [0.25, 0.3) is 0 Å². The Kier molecular flexibility index (Phi) is 4.36. The smallest absolute Gasteiger partial charge is 0.240 e. The van der Waals surface area contributed by atoms with Crippen molar-refractivity contribution in [3.8, 4) is 5.75 Å². The number of pyridine rings is 1. The molecular weight excluding hydrogens is 276 g/mol. The van der Waals surface area contributed by atoms with E-state index < -0.39 is 10.0 Å². The van der Waals surface area contributed by atoms with Gasteiger partial charge in [-0.1, -0.05) is 6.07 Å². The highest BCUT2D eigenvalue weighted by molar-refractivity contribution is 7.89. The molecule has 0 amide bonds. The van der Waals surface area contributed by atoms with Crippen LogP contribution in [0.15, 0.2) is 47.5 Å². The van der Waals surface area contributed by atoms with E-state index in [9.17, 15) is 8.42 Å². The van der Waals surface area contributed by atoms with Gasteiger partial charge in [0.15, 0.2) is 0 Å². The van der Waals surface area contributed by atoms with Gasteiger partial charge in [-0.3, -0.25) is 4.98 Å². The molecule has 1 aromatic carbocycles. The van der Waals surface area contributed by atoms with Crippen molar-refractivity contribution in [3.63, 3.8) is 0 Å². The Hall–Kier alpha value is -1.92. The number of rotatable bonds is 5. The molecule has 2 rings (SSSR count). The van der Waals surface area contributed by atoms with Crippen LogP contribution in [0.2, 0.25) is 0 Å². The maximum absolute atomic E-state index is 12.2. The maximum Gasteiger partial charge on any atom is 0.240 e. The van der Waals surface area contributed by atoms with Gasteiger partial charge in [0.05, 0.1) is 24.2 Å². The molecule has 6 heteroatoms. The number of ether oxygens (including phenoxy) is 1. The molecule has 1 N–H and O–H groups in total. The number of nitrogens with zero attached hydrogens (tertiary/aromatic N) is 1. The second kappa shape index (κ2) is 6.02. The number of aryl methyl sites for hydroxylation is 1. The summed E-state index contributed by atoms with van der Waals surface area (Å²) in [5, 5.41) is 0. The van der Waals surface area contributed by atoms with E-state index in [-0.39, 0.29) is 11.4 Å². The van der Waals surface area contributed by atoms with Crippen molar-refractivity contribution in [2.24, 2.45) is 0 Å². The number of nitrogens with one attached hydrogen (secondary N) is 1. The first kappa shape index (κ1) is 14.5. The third-order valence-electron chi connectivity index (χ3n) is 2.85. The molecule has 0 radical (unpaired) electrons. The Morgan fingerprint density at radius 3 is 2.65 bits per heavy atom. The first-order chi connectivity index (χ1) is 9.53. The van der Waals surface area contributed by atoms with Gasteiger partial charge in [-0.05, 0) is 42.8 Å². The summed E-state index contributed by atoms with van der Waals surface area (Å²) < 4.78 is 32.0. The van der Waals surface area contributed by atoms with Crippen molar-refractivity contribution < 1.29 is 13.2 Å². The van der Waals surface area contributed by atoms with Crippen molar-refractivity contribution in [3.05, 3.63) is 53.9 Å². The predicted octanol–water partition coefficient (Wildman–Crippen LogP) is 1.88. The van der Waals surface area contributed by atoms with Gasteiger partial charge in [0.1, 0.15) is 5.75 Å². The fourth-order valence-electron chi connectivity index (χ4n) is 1.77. The highest BCUT2D eigenvalue weighted by Gasteiger charge is 2.15. The van der Waals surface area contributed by atoms with Crippen LogP contribution < -0.4 is 9.46 Å². The lowest BCUT2D eigenvalue weighted by Gasteiger charge is -2.09. The molecule has 5 nitrogen and oxygen atoms in total. The third-order valence-corrected chi connectivity index (χ3v) is 4.24. The standard InChI is InChI=1S/C14H16N2O3S/c1-11-9-13(6-7-14(11)19-2)20(17,18)16-10-12-5-3-4-8-15-12/h3-9,16H,10H2,1-2H3. The minimum atomic E-state index is -3.55. The van der Waals surface area contributed by atoms with E-state index in [4.69, 9.17) is 4.74 Å². The number of aromatic nitrogens is 1. The van der Waals surface area contributed by atoms with Crippen LogP contribution in [0.3, 0.4) is 0 Å². The van der Waals surface area contributed by atoms with E-state index in [0.29, 0.717) is 11.4 Å². The summed E-state index contributed by atoms with van der Waals surface area (Å²) >= 11 is 0. The number of sulfonamides is 1. The first-order valence-electron chi connectivity index (χ1n) is 6.07. The number of benzene rings is 1. The van der Waals surface area contributed by atoms with Gasteiger partial charge in [-0.25, -0.2) is 13.1 Å². The average Bonchev–Trinajstić information content (AvgIpc) is 2.46. The molecule has 0 fully saturated rings. The van der Waals surface area contributed by atoms with Crippen LogP contribution in [0.1, 0.15) is 11.3 Å². The molecule has 0 bridgehead atoms. The fraction of sp³-hybridized carbons (Fsp3) is 0.214. The van der Waals surface area contributed by atoms with E-state index in [1.165, 1.54) is 6.07 Å². The molecule has 0 aliphatic carbocycles. The van der Waals surface area contributed by atoms with Gasteiger partial charge >= 0.3 is 0 Å². The molecule has 0 saturated heterocycles. The van der Waals surface area contributed by atoms with Crippen LogP contribution in [-0.4, -0.2) is 20.5 Å². The first-order valence-corrected chi connectivity index (χ1v) is 7.55. The van der Waals surface area contributed by atoms with Gasteiger partial charge < -0.3 is 4.74 Å². The number of hydrogen-bond donors (Lipinski definition) is 1. The van der Waals surface area contributed by atoms with Gasteiger partial charge in [-0.15, -0.1) is 0 Å². The minimum Gasteiger partial charge on any atom is -0.496 e. The highest BCUT2D eigenvalue weighted by Crippen LogP contribution is 2.21. The van der Waals surface area contributed by atoms with Crippen molar-refractivity contribution in [1.29, 1.82) is 0 Å². The summed E-state index contributed by atoms with van der Waals surface area (Å²) in [4.78, 5) is 4.29. The summed E-state index contributed by atoms with van der Waals surface area (Å²) in [7, 11) is -2.00. The zero-order valence-corrected chi connectivity index (χ0v) is 12.1. The quantitative estimate of drug-likeness (QED) is 0.913. The summed E-state index contributed by atoms with van der Waals surface area (Å²) in [5.74, 6) is 0.661. The summed E-state index contributed by atoms with van der Waals surface area (Å²) in [6.45, 7) is 1.96. The van der Waals surface area contributed by atoms with Gasteiger partial charge in [-0.2, -0.15) is 0 Å². The van der Waals surface area contributed by atoms with E-state index in [0.717, 1.165) is 5.56 Å². The van der Waals surface area contributed by atoms with Gasteiger partial charge in [0.2, 0.25) is 10.0 Å². The zero-order valence-electron chi connectivity index (χ0n) is 11.3.